The van der Waals surface area contributed by atoms with E-state index >= 15 is 0 Å². The number of furan rings is 1. The SMILES string of the molecule is CC(=O)N1CCN(c2ccc(NC(=O)NSC(=O)c3cc4ccccc4o3)cc2)CC1. The third kappa shape index (κ3) is 5.00. The highest BCUT2D eigenvalue weighted by molar-refractivity contribution is 8.12. The van der Waals surface area contributed by atoms with Crippen LogP contribution in [-0.4, -0.2) is 48.1 Å². The van der Waals surface area contributed by atoms with Gasteiger partial charge in [-0.15, -0.1) is 0 Å². The molecule has 1 aliphatic rings. The Labute approximate surface area is 183 Å². The van der Waals surface area contributed by atoms with Crippen LogP contribution in [0.1, 0.15) is 17.5 Å². The van der Waals surface area contributed by atoms with Crippen LogP contribution in [0.3, 0.4) is 0 Å². The Bertz CT molecular complexity index is 1070. The highest BCUT2D eigenvalue weighted by Crippen LogP contribution is 2.22. The predicted molar refractivity (Wildman–Crippen MR) is 121 cm³/mol. The molecule has 0 saturated carbocycles. The van der Waals surface area contributed by atoms with Crippen molar-refractivity contribution in [1.82, 2.24) is 9.62 Å². The van der Waals surface area contributed by atoms with Crippen molar-refractivity contribution in [2.45, 2.75) is 6.92 Å². The molecular weight excluding hydrogens is 416 g/mol. The fraction of sp³-hybridized carbons (Fsp3) is 0.227. The first kappa shape index (κ1) is 20.8. The van der Waals surface area contributed by atoms with Crippen LogP contribution < -0.4 is 14.9 Å². The maximum Gasteiger partial charge on any atom is 0.329 e. The summed E-state index contributed by atoms with van der Waals surface area (Å²) in [5.74, 6) is 0.280. The molecule has 0 aliphatic carbocycles. The summed E-state index contributed by atoms with van der Waals surface area (Å²) < 4.78 is 7.98. The van der Waals surface area contributed by atoms with E-state index in [2.05, 4.69) is 14.9 Å². The van der Waals surface area contributed by atoms with Crippen molar-refractivity contribution in [1.29, 1.82) is 0 Å². The van der Waals surface area contributed by atoms with Crippen LogP contribution in [0.15, 0.2) is 59.0 Å². The van der Waals surface area contributed by atoms with Gasteiger partial charge in [-0.1, -0.05) is 18.2 Å². The van der Waals surface area contributed by atoms with Gasteiger partial charge >= 0.3 is 6.03 Å². The molecule has 0 radical (unpaired) electrons. The molecule has 2 N–H and O–H groups in total. The lowest BCUT2D eigenvalue weighted by Gasteiger charge is -2.35. The highest BCUT2D eigenvalue weighted by Gasteiger charge is 2.19. The van der Waals surface area contributed by atoms with E-state index < -0.39 is 6.03 Å². The Morgan fingerprint density at radius 3 is 2.35 bits per heavy atom. The van der Waals surface area contributed by atoms with Crippen LogP contribution in [0.25, 0.3) is 11.0 Å². The van der Waals surface area contributed by atoms with E-state index in [-0.39, 0.29) is 16.8 Å². The highest BCUT2D eigenvalue weighted by atomic mass is 32.2. The molecule has 8 nitrogen and oxygen atoms in total. The Morgan fingerprint density at radius 2 is 1.68 bits per heavy atom. The fourth-order valence-electron chi connectivity index (χ4n) is 3.42. The number of piperazine rings is 1. The number of nitrogens with zero attached hydrogens (tertiary/aromatic N) is 2. The maximum absolute atomic E-state index is 12.3. The lowest BCUT2D eigenvalue weighted by atomic mass is 10.2. The average Bonchev–Trinajstić information content (AvgIpc) is 3.22. The van der Waals surface area contributed by atoms with Crippen LogP contribution in [0.5, 0.6) is 0 Å². The van der Waals surface area contributed by atoms with Crippen molar-refractivity contribution in [3.8, 4) is 0 Å². The molecule has 31 heavy (non-hydrogen) atoms. The van der Waals surface area contributed by atoms with Gasteiger partial charge in [-0.2, -0.15) is 0 Å². The largest absolute Gasteiger partial charge is 0.452 e. The molecule has 0 bridgehead atoms. The molecule has 1 fully saturated rings. The number of urea groups is 1. The molecule has 2 aromatic carbocycles. The number of hydrogen-bond donors (Lipinski definition) is 2. The maximum atomic E-state index is 12.3. The quantitative estimate of drug-likeness (QED) is 0.606. The van der Waals surface area contributed by atoms with Crippen molar-refractivity contribution in [3.05, 3.63) is 60.4 Å². The van der Waals surface area contributed by atoms with Gasteiger partial charge in [-0.05, 0) is 36.4 Å². The molecule has 4 rings (SSSR count). The first-order valence-electron chi connectivity index (χ1n) is 9.87. The fourth-order valence-corrected chi connectivity index (χ4v) is 3.85. The Kier molecular flexibility index (Phi) is 6.13. The smallest absolute Gasteiger partial charge is 0.329 e. The molecule has 1 saturated heterocycles. The summed E-state index contributed by atoms with van der Waals surface area (Å²) in [6.07, 6.45) is 0. The van der Waals surface area contributed by atoms with Crippen molar-refractivity contribution < 1.29 is 18.8 Å². The van der Waals surface area contributed by atoms with Crippen LogP contribution in [0.2, 0.25) is 0 Å². The van der Waals surface area contributed by atoms with Crippen molar-refractivity contribution in [2.75, 3.05) is 36.4 Å². The number of benzene rings is 2. The molecule has 0 unspecified atom stereocenters. The number of hydrogen-bond acceptors (Lipinski definition) is 6. The number of amides is 3. The minimum atomic E-state index is -0.503. The summed E-state index contributed by atoms with van der Waals surface area (Å²) in [7, 11) is 0. The number of nitrogens with one attached hydrogen (secondary N) is 2. The topological polar surface area (TPSA) is 94.9 Å². The van der Waals surface area contributed by atoms with E-state index in [0.29, 0.717) is 36.3 Å². The third-order valence-corrected chi connectivity index (χ3v) is 5.75. The lowest BCUT2D eigenvalue weighted by molar-refractivity contribution is -0.129. The zero-order valence-corrected chi connectivity index (χ0v) is 17.8. The predicted octanol–water partition coefficient (Wildman–Crippen LogP) is 3.71. The normalized spacial score (nSPS) is 13.8. The van der Waals surface area contributed by atoms with Crippen molar-refractivity contribution >= 4 is 51.3 Å². The molecule has 1 aliphatic heterocycles. The molecule has 3 amide bonds. The number of para-hydroxylation sites is 1. The first-order chi connectivity index (χ1) is 15.0. The van der Waals surface area contributed by atoms with Gasteiger partial charge in [0, 0.05) is 61.8 Å². The minimum Gasteiger partial charge on any atom is -0.452 e. The Morgan fingerprint density at radius 1 is 0.968 bits per heavy atom. The second-order valence-corrected chi connectivity index (χ2v) is 7.91. The third-order valence-electron chi connectivity index (χ3n) is 5.08. The van der Waals surface area contributed by atoms with Crippen LogP contribution >= 0.6 is 11.9 Å². The van der Waals surface area contributed by atoms with E-state index in [4.69, 9.17) is 4.42 Å². The lowest BCUT2D eigenvalue weighted by Crippen LogP contribution is -2.48. The molecule has 2 heterocycles. The zero-order valence-electron chi connectivity index (χ0n) is 17.0. The number of anilines is 2. The molecule has 3 aromatic rings. The van der Waals surface area contributed by atoms with Crippen molar-refractivity contribution in [2.24, 2.45) is 0 Å². The van der Waals surface area contributed by atoms with Crippen LogP contribution in [-0.2, 0) is 4.79 Å². The van der Waals surface area contributed by atoms with Gasteiger partial charge in [-0.25, -0.2) is 4.79 Å². The van der Waals surface area contributed by atoms with Crippen LogP contribution in [0.4, 0.5) is 16.2 Å². The van der Waals surface area contributed by atoms with Gasteiger partial charge in [0.05, 0.1) is 0 Å². The number of carbonyl (C=O) groups is 3. The minimum absolute atomic E-state index is 0.0990. The van der Waals surface area contributed by atoms with E-state index in [0.717, 1.165) is 24.2 Å². The monoisotopic (exact) mass is 438 g/mol. The average molecular weight is 439 g/mol. The summed E-state index contributed by atoms with van der Waals surface area (Å²) in [5, 5.41) is 3.15. The van der Waals surface area contributed by atoms with Gasteiger partial charge in [0.1, 0.15) is 5.58 Å². The first-order valence-corrected chi connectivity index (χ1v) is 10.7. The van der Waals surface area contributed by atoms with Gasteiger partial charge in [0.2, 0.25) is 5.91 Å². The Balaban J connectivity index is 1.27. The van der Waals surface area contributed by atoms with Crippen molar-refractivity contribution in [3.63, 3.8) is 0 Å². The van der Waals surface area contributed by atoms with E-state index in [1.807, 2.05) is 35.2 Å². The van der Waals surface area contributed by atoms with Gasteiger partial charge in [0.15, 0.2) is 5.76 Å². The second kappa shape index (κ2) is 9.13. The number of fused-ring (bicyclic) bond motifs is 1. The Hall–Kier alpha value is -3.46. The molecule has 160 valence electrons. The summed E-state index contributed by atoms with van der Waals surface area (Å²) in [5.41, 5.74) is 2.27. The standard InChI is InChI=1S/C22H22N4O4S/c1-15(27)25-10-12-26(13-11-25)18-8-6-17(7-9-18)23-22(29)24-31-21(28)20-14-16-4-2-3-5-19(16)30-20/h2-9,14H,10-13H2,1H3,(H2,23,24,29). The number of carbonyl (C=O) groups excluding carboxylic acids is 3. The number of rotatable bonds is 3. The summed E-state index contributed by atoms with van der Waals surface area (Å²) >= 11 is 0.665. The summed E-state index contributed by atoms with van der Waals surface area (Å²) in [4.78, 5) is 39.9. The summed E-state index contributed by atoms with van der Waals surface area (Å²) in [6.45, 7) is 4.53. The van der Waals surface area contributed by atoms with E-state index in [1.54, 1.807) is 31.2 Å². The second-order valence-electron chi connectivity index (χ2n) is 7.13. The molecule has 9 heteroatoms. The zero-order chi connectivity index (χ0) is 21.8. The van der Waals surface area contributed by atoms with Gasteiger partial charge in [0.25, 0.3) is 5.12 Å². The van der Waals surface area contributed by atoms with Gasteiger partial charge in [-0.3, -0.25) is 14.3 Å². The summed E-state index contributed by atoms with van der Waals surface area (Å²) in [6, 6.07) is 15.9. The molecule has 0 spiro atoms. The molecule has 1 aromatic heterocycles. The molecular formula is C22H22N4O4S. The van der Waals surface area contributed by atoms with Crippen LogP contribution in [0, 0.1) is 0 Å². The molecule has 0 atom stereocenters. The van der Waals surface area contributed by atoms with E-state index in [9.17, 15) is 14.4 Å². The van der Waals surface area contributed by atoms with Gasteiger partial charge < -0.3 is 19.5 Å². The van der Waals surface area contributed by atoms with E-state index in [1.165, 1.54) is 0 Å².